The van der Waals surface area contributed by atoms with Crippen molar-refractivity contribution in [1.29, 1.82) is 0 Å². The number of benzene rings is 2. The van der Waals surface area contributed by atoms with Gasteiger partial charge in [-0.25, -0.2) is 4.98 Å². The van der Waals surface area contributed by atoms with Crippen molar-refractivity contribution in [3.8, 4) is 22.6 Å². The van der Waals surface area contributed by atoms with Gasteiger partial charge in [0.05, 0.1) is 17.6 Å². The molecule has 1 amide bonds. The Morgan fingerprint density at radius 2 is 2.00 bits per heavy atom. The average molecular weight is 462 g/mol. The molecule has 2 heterocycles. The van der Waals surface area contributed by atoms with Gasteiger partial charge in [-0.3, -0.25) is 4.79 Å². The highest BCUT2D eigenvalue weighted by atomic mass is 35.5. The summed E-state index contributed by atoms with van der Waals surface area (Å²) in [6.07, 6.45) is 2.18. The van der Waals surface area contributed by atoms with Crippen LogP contribution in [0, 0.1) is 0 Å². The van der Waals surface area contributed by atoms with Crippen LogP contribution in [0.2, 0.25) is 10.0 Å². The second kappa shape index (κ2) is 9.88. The number of carbonyl (C=O) groups excluding carboxylic acids is 1. The van der Waals surface area contributed by atoms with E-state index < -0.39 is 0 Å². The Bertz CT molecular complexity index is 1020. The fourth-order valence-corrected chi connectivity index (χ4v) is 4.42. The minimum atomic E-state index is -0.0372. The molecule has 0 saturated carbocycles. The van der Waals surface area contributed by atoms with Crippen molar-refractivity contribution < 1.29 is 9.53 Å². The smallest absolute Gasteiger partial charge is 0.230 e. The number of rotatable bonds is 7. The molecule has 30 heavy (non-hydrogen) atoms. The molecule has 4 rings (SSSR count). The van der Waals surface area contributed by atoms with Gasteiger partial charge in [-0.15, -0.1) is 0 Å². The predicted octanol–water partition coefficient (Wildman–Crippen LogP) is 5.44. The number of nitrogens with zero attached hydrogens (tertiary/aromatic N) is 1. The Morgan fingerprint density at radius 1 is 1.17 bits per heavy atom. The molecule has 0 unspecified atom stereocenters. The van der Waals surface area contributed by atoms with E-state index in [0.717, 1.165) is 41.3 Å². The Hall–Kier alpha value is -1.99. The van der Waals surface area contributed by atoms with E-state index in [4.69, 9.17) is 32.9 Å². The third kappa shape index (κ3) is 5.38. The van der Waals surface area contributed by atoms with Crippen LogP contribution in [0.15, 0.2) is 53.6 Å². The maximum Gasteiger partial charge on any atom is 0.230 e. The van der Waals surface area contributed by atoms with E-state index >= 15 is 0 Å². The normalized spacial score (nSPS) is 16.0. The zero-order valence-electron chi connectivity index (χ0n) is 16.2. The topological polar surface area (TPSA) is 67.0 Å². The van der Waals surface area contributed by atoms with Crippen LogP contribution in [0.25, 0.3) is 22.6 Å². The van der Waals surface area contributed by atoms with Crippen molar-refractivity contribution in [1.82, 2.24) is 15.3 Å². The number of aromatic nitrogens is 2. The predicted molar refractivity (Wildman–Crippen MR) is 122 cm³/mol. The number of thioether (sulfide) groups is 1. The van der Waals surface area contributed by atoms with Gasteiger partial charge in [0, 0.05) is 34.3 Å². The fraction of sp³-hybridized carbons (Fsp3) is 0.273. The molecule has 1 aliphatic rings. The summed E-state index contributed by atoms with van der Waals surface area (Å²) < 4.78 is 5.55. The number of nitrogens with one attached hydrogen (secondary N) is 2. The lowest BCUT2D eigenvalue weighted by Crippen LogP contribution is -2.32. The number of aromatic amines is 1. The van der Waals surface area contributed by atoms with Gasteiger partial charge in [-0.1, -0.05) is 59.2 Å². The summed E-state index contributed by atoms with van der Waals surface area (Å²) in [7, 11) is 0. The van der Waals surface area contributed by atoms with Gasteiger partial charge >= 0.3 is 0 Å². The van der Waals surface area contributed by atoms with E-state index in [1.807, 2.05) is 48.5 Å². The van der Waals surface area contributed by atoms with Crippen molar-refractivity contribution in [2.75, 3.05) is 18.9 Å². The largest absolute Gasteiger partial charge is 0.376 e. The highest BCUT2D eigenvalue weighted by Gasteiger charge is 2.18. The first-order valence-electron chi connectivity index (χ1n) is 9.71. The molecule has 1 aromatic heterocycles. The second-order valence-corrected chi connectivity index (χ2v) is 8.85. The van der Waals surface area contributed by atoms with E-state index in [1.54, 1.807) is 0 Å². The molecule has 2 aromatic carbocycles. The molecule has 156 valence electrons. The Labute approximate surface area is 189 Å². The second-order valence-electron chi connectivity index (χ2n) is 7.01. The first-order chi connectivity index (χ1) is 14.6. The molecule has 0 aliphatic carbocycles. The molecule has 0 bridgehead atoms. The zero-order valence-corrected chi connectivity index (χ0v) is 18.5. The van der Waals surface area contributed by atoms with E-state index in [1.165, 1.54) is 11.8 Å². The molecular weight excluding hydrogens is 441 g/mol. The third-order valence-electron chi connectivity index (χ3n) is 4.79. The highest BCUT2D eigenvalue weighted by molar-refractivity contribution is 8.00. The van der Waals surface area contributed by atoms with Crippen molar-refractivity contribution in [3.05, 3.63) is 58.6 Å². The summed E-state index contributed by atoms with van der Waals surface area (Å²) in [6, 6.07) is 15.0. The molecule has 3 aromatic rings. The average Bonchev–Trinajstić information content (AvgIpc) is 3.41. The lowest BCUT2D eigenvalue weighted by atomic mass is 10.2. The monoisotopic (exact) mass is 461 g/mol. The Morgan fingerprint density at radius 3 is 2.73 bits per heavy atom. The maximum absolute atomic E-state index is 12.3. The van der Waals surface area contributed by atoms with Gasteiger partial charge in [0.1, 0.15) is 10.9 Å². The van der Waals surface area contributed by atoms with Crippen LogP contribution in [-0.2, 0) is 9.53 Å². The molecule has 1 aliphatic heterocycles. The standard InChI is InChI=1S/C22H21Cl2N3O2S/c23-16-8-6-14(7-9-16)20-22(27-21(26-20)15-3-1-4-17(24)11-15)30-13-19(28)25-12-18-5-2-10-29-18/h1,3-4,6-9,11,18H,2,5,10,12-13H2,(H,25,28)(H,26,27)/t18-/m0/s1. The first kappa shape index (κ1) is 21.2. The summed E-state index contributed by atoms with van der Waals surface area (Å²) in [6.45, 7) is 1.33. The maximum atomic E-state index is 12.3. The van der Waals surface area contributed by atoms with Gasteiger partial charge in [-0.05, 0) is 37.1 Å². The Balaban J connectivity index is 1.52. The molecule has 1 saturated heterocycles. The van der Waals surface area contributed by atoms with Crippen LogP contribution in [0.4, 0.5) is 0 Å². The van der Waals surface area contributed by atoms with Gasteiger partial charge in [-0.2, -0.15) is 0 Å². The molecule has 1 fully saturated rings. The van der Waals surface area contributed by atoms with Crippen molar-refractivity contribution in [2.45, 2.75) is 24.0 Å². The van der Waals surface area contributed by atoms with Gasteiger partial charge in [0.25, 0.3) is 0 Å². The lowest BCUT2D eigenvalue weighted by Gasteiger charge is -2.10. The summed E-state index contributed by atoms with van der Waals surface area (Å²) in [4.78, 5) is 20.4. The van der Waals surface area contributed by atoms with E-state index in [-0.39, 0.29) is 17.8 Å². The number of H-pyrrole nitrogens is 1. The summed E-state index contributed by atoms with van der Waals surface area (Å²) in [5, 5.41) is 5.00. The van der Waals surface area contributed by atoms with Crippen LogP contribution < -0.4 is 5.32 Å². The minimum absolute atomic E-state index is 0.0372. The van der Waals surface area contributed by atoms with E-state index in [0.29, 0.717) is 22.4 Å². The molecule has 5 nitrogen and oxygen atoms in total. The summed E-state index contributed by atoms with van der Waals surface area (Å²) in [5.74, 6) is 0.933. The summed E-state index contributed by atoms with van der Waals surface area (Å²) >= 11 is 13.6. The first-order valence-corrected chi connectivity index (χ1v) is 11.5. The van der Waals surface area contributed by atoms with Gasteiger partial charge in [0.2, 0.25) is 5.91 Å². The number of halogens is 2. The van der Waals surface area contributed by atoms with Gasteiger partial charge < -0.3 is 15.0 Å². The molecule has 8 heteroatoms. The van der Waals surface area contributed by atoms with Crippen molar-refractivity contribution >= 4 is 40.9 Å². The molecule has 0 radical (unpaired) electrons. The van der Waals surface area contributed by atoms with Crippen LogP contribution in [0.5, 0.6) is 0 Å². The van der Waals surface area contributed by atoms with E-state index in [2.05, 4.69) is 10.3 Å². The number of ether oxygens (including phenoxy) is 1. The lowest BCUT2D eigenvalue weighted by molar-refractivity contribution is -0.119. The summed E-state index contributed by atoms with van der Waals surface area (Å²) in [5.41, 5.74) is 2.67. The number of hydrogen-bond donors (Lipinski definition) is 2. The van der Waals surface area contributed by atoms with E-state index in [9.17, 15) is 4.79 Å². The Kier molecular flexibility index (Phi) is 7.00. The van der Waals surface area contributed by atoms with Crippen LogP contribution >= 0.6 is 35.0 Å². The minimum Gasteiger partial charge on any atom is -0.376 e. The third-order valence-corrected chi connectivity index (χ3v) is 6.25. The molecule has 1 atom stereocenters. The van der Waals surface area contributed by atoms with Crippen LogP contribution in [-0.4, -0.2) is 40.9 Å². The van der Waals surface area contributed by atoms with Crippen LogP contribution in [0.3, 0.4) is 0 Å². The number of imidazole rings is 1. The van der Waals surface area contributed by atoms with Crippen molar-refractivity contribution in [2.24, 2.45) is 0 Å². The zero-order chi connectivity index (χ0) is 20.9. The number of amides is 1. The fourth-order valence-electron chi connectivity index (χ4n) is 3.26. The van der Waals surface area contributed by atoms with Gasteiger partial charge in [0.15, 0.2) is 0 Å². The molecule has 2 N–H and O–H groups in total. The SMILES string of the molecule is O=C(CSc1nc(-c2cccc(Cl)c2)[nH]c1-c1ccc(Cl)cc1)NC[C@@H]1CCCO1. The number of hydrogen-bond acceptors (Lipinski definition) is 4. The quantitative estimate of drug-likeness (QED) is 0.459. The highest BCUT2D eigenvalue weighted by Crippen LogP contribution is 2.33. The number of carbonyl (C=O) groups is 1. The van der Waals surface area contributed by atoms with Crippen LogP contribution in [0.1, 0.15) is 12.8 Å². The van der Waals surface area contributed by atoms with Crippen molar-refractivity contribution in [3.63, 3.8) is 0 Å². The molecule has 0 spiro atoms. The molecular formula is C22H21Cl2N3O2S.